The van der Waals surface area contributed by atoms with Crippen molar-refractivity contribution in [2.45, 2.75) is 60.8 Å². The Labute approximate surface area is 582 Å². The highest BCUT2D eigenvalue weighted by Crippen LogP contribution is 2.48. The van der Waals surface area contributed by atoms with Gasteiger partial charge in [-0.1, -0.05) is 67.6 Å². The van der Waals surface area contributed by atoms with Crippen LogP contribution in [0.3, 0.4) is 0 Å². The Bertz CT molecular complexity index is 4450. The van der Waals surface area contributed by atoms with Crippen LogP contribution in [0.15, 0.2) is 168 Å². The lowest BCUT2D eigenvalue weighted by molar-refractivity contribution is -0.136. The van der Waals surface area contributed by atoms with Crippen molar-refractivity contribution in [2.75, 3.05) is 42.7 Å². The van der Waals surface area contributed by atoms with E-state index in [1.165, 1.54) is 98.1 Å². The highest BCUT2D eigenvalue weighted by Gasteiger charge is 2.29. The monoisotopic (exact) mass is 1390 g/mol. The molecule has 0 unspecified atom stereocenters. The quantitative estimate of drug-likeness (QED) is 0.0190. The molecule has 8 aromatic rings. The zero-order chi connectivity index (χ0) is 72.9. The predicted molar refractivity (Wildman–Crippen MR) is 377 cm³/mol. The van der Waals surface area contributed by atoms with Crippen LogP contribution in [0.2, 0.25) is 0 Å². The van der Waals surface area contributed by atoms with E-state index in [-0.39, 0.29) is 96.0 Å². The van der Waals surface area contributed by atoms with E-state index in [9.17, 15) is 52.5 Å². The number of halogens is 3. The number of benzene rings is 8. The molecular weight excluding hydrogens is 1310 g/mol. The smallest absolute Gasteiger partial charge is 0.308 e. The summed E-state index contributed by atoms with van der Waals surface area (Å²) in [4.78, 5) is 65.9. The number of hydroxylamine groups is 1. The standard InChI is InChI=1S/C27H24FNO5.C21H19FO5.C12H11FO2.C11H12O5.C6H7NO.CH4/c1-16-21(11-17-12-24(32-2)27(31)25(13-17)33-3)20-10-9-18(28)14-23(20)22(16)15-26(30)29-34-19-7-5-4-6-8-19;1-11-15(6-12-7-18(26-2)21(25)19(8-12)27-3)14-5-4-13(22)9-17(14)16(11)10-20(23)24;1-7-4-8-2-3-9(13)5-11(8)10(7)6-12(14)15;1-7(13)16-11-9(14-2)4-8(6-12)5-10(11)15-3;7-8-6-4-2-1-3-5-6;/h4-14,31H,15H2,1-3H3,(H,29,30);4-9,25H,10H2,1-3H3,(H,23,24);2-3,5H,4,6H2,1H3,(H,14,15);4-6H,1-3H3;1-5H,7H2;1H4/b21-11-;15-6-;;;;. The second-order valence-electron chi connectivity index (χ2n) is 22.1. The molecule has 3 aliphatic carbocycles. The van der Waals surface area contributed by atoms with Crippen LogP contribution >= 0.6 is 0 Å². The number of hydrogen-bond acceptors (Lipinski definition) is 17. The Balaban J connectivity index is 0.000000213. The molecule has 23 heteroatoms. The molecule has 0 radical (unpaired) electrons. The number of hydrogen-bond donors (Lipinski definition) is 6. The molecule has 0 aromatic heterocycles. The van der Waals surface area contributed by atoms with Gasteiger partial charge in [0.1, 0.15) is 29.5 Å². The molecule has 0 bridgehead atoms. The summed E-state index contributed by atoms with van der Waals surface area (Å²) in [5, 5.41) is 38.3. The van der Waals surface area contributed by atoms with Gasteiger partial charge in [-0.05, 0) is 220 Å². The molecule has 0 aliphatic heterocycles. The van der Waals surface area contributed by atoms with E-state index in [1.807, 2.05) is 57.2 Å². The SMILES string of the molecule is C.CC1=C(CC(=O)O)c2cc(F)ccc2C1.COc1cc(/C=C2/C(C)=C(CC(=O)NOc3ccccc3)c3cc(F)ccc32)cc(OC)c1O.COc1cc(/C=C2/C(C)=C(CC(=O)O)c3cc(F)ccc32)cc(OC)c1O.COc1cc(C=O)cc(OC)c1OC(C)=O.NOc1ccccc1. The van der Waals surface area contributed by atoms with E-state index in [2.05, 4.69) is 10.3 Å². The molecule has 0 atom stereocenters. The third-order valence-corrected chi connectivity index (χ3v) is 15.7. The van der Waals surface area contributed by atoms with Crippen molar-refractivity contribution >= 4 is 70.1 Å². The van der Waals surface area contributed by atoms with E-state index < -0.39 is 23.7 Å². The Morgan fingerprint density at radius 2 is 0.881 bits per heavy atom. The first-order valence-corrected chi connectivity index (χ1v) is 30.5. The molecule has 8 aromatic carbocycles. The number of fused-ring (bicyclic) bond motifs is 3. The lowest BCUT2D eigenvalue weighted by Gasteiger charge is -2.12. The zero-order valence-electron chi connectivity index (χ0n) is 56.2. The number of allylic oxidation sites excluding steroid dienone is 5. The van der Waals surface area contributed by atoms with Crippen molar-refractivity contribution in [2.24, 2.45) is 5.90 Å². The van der Waals surface area contributed by atoms with Crippen LogP contribution in [0.1, 0.15) is 109 Å². The second kappa shape index (κ2) is 36.4. The summed E-state index contributed by atoms with van der Waals surface area (Å²) in [6.45, 7) is 6.87. The summed E-state index contributed by atoms with van der Waals surface area (Å²) in [6, 6.07) is 41.1. The summed E-state index contributed by atoms with van der Waals surface area (Å²) in [5.41, 5.74) is 15.1. The van der Waals surface area contributed by atoms with Gasteiger partial charge >= 0.3 is 17.9 Å². The van der Waals surface area contributed by atoms with Gasteiger partial charge in [-0.2, -0.15) is 11.4 Å². The largest absolute Gasteiger partial charge is 0.502 e. The van der Waals surface area contributed by atoms with Crippen molar-refractivity contribution in [3.63, 3.8) is 0 Å². The van der Waals surface area contributed by atoms with Gasteiger partial charge in [0.25, 0.3) is 5.91 Å². The average Bonchev–Trinajstić information content (AvgIpc) is 1.63. The number of nitrogens with one attached hydrogen (secondary N) is 1. The average molecular weight is 1390 g/mol. The van der Waals surface area contributed by atoms with Gasteiger partial charge in [-0.15, -0.1) is 0 Å². The fourth-order valence-electron chi connectivity index (χ4n) is 11.0. The molecule has 7 N–H and O–H groups in total. The number of aldehydes is 1. The normalized spacial score (nSPS) is 12.7. The first-order chi connectivity index (χ1) is 47.9. The van der Waals surface area contributed by atoms with Gasteiger partial charge < -0.3 is 63.3 Å². The number of carbonyl (C=O) groups is 5. The van der Waals surface area contributed by atoms with Crippen LogP contribution in [-0.4, -0.2) is 93.2 Å². The molecule has 0 heterocycles. The maximum atomic E-state index is 14.1. The number of phenols is 2. The van der Waals surface area contributed by atoms with E-state index in [0.717, 1.165) is 62.1 Å². The highest BCUT2D eigenvalue weighted by molar-refractivity contribution is 6.09. The first-order valence-electron chi connectivity index (χ1n) is 30.5. The van der Waals surface area contributed by atoms with Gasteiger partial charge in [-0.25, -0.2) is 13.2 Å². The lowest BCUT2D eigenvalue weighted by Crippen LogP contribution is -2.26. The molecule has 0 saturated heterocycles. The number of carbonyl (C=O) groups excluding carboxylic acids is 3. The van der Waals surface area contributed by atoms with E-state index in [0.29, 0.717) is 56.7 Å². The number of phenolic OH excluding ortho intramolecular Hbond substituents is 2. The minimum atomic E-state index is -0.978. The number of carboxylic acid groups (broad SMARTS) is 2. The lowest BCUT2D eigenvalue weighted by atomic mass is 10.00. The van der Waals surface area contributed by atoms with Gasteiger partial charge in [0.2, 0.25) is 17.2 Å². The molecule has 3 aliphatic rings. The predicted octanol–water partition coefficient (Wildman–Crippen LogP) is 15.4. The fraction of sp³-hybridized carbons (Fsp3) is 0.192. The second-order valence-corrected chi connectivity index (χ2v) is 22.1. The summed E-state index contributed by atoms with van der Waals surface area (Å²) >= 11 is 0. The number of carboxylic acids is 2. The Morgan fingerprint density at radius 1 is 0.495 bits per heavy atom. The van der Waals surface area contributed by atoms with Crippen molar-refractivity contribution in [3.8, 4) is 63.2 Å². The molecular formula is C78H77F3N2O18. The number of aromatic hydroxyl groups is 2. The fourth-order valence-corrected chi connectivity index (χ4v) is 11.0. The van der Waals surface area contributed by atoms with Crippen molar-refractivity contribution < 1.29 is 100 Å². The Kier molecular flexibility index (Phi) is 28.0. The van der Waals surface area contributed by atoms with Crippen molar-refractivity contribution in [1.82, 2.24) is 5.48 Å². The van der Waals surface area contributed by atoms with Crippen LogP contribution in [0.25, 0.3) is 40.0 Å². The van der Waals surface area contributed by atoms with Gasteiger partial charge in [0, 0.05) is 12.5 Å². The number of para-hydroxylation sites is 2. The van der Waals surface area contributed by atoms with Crippen molar-refractivity contribution in [1.29, 1.82) is 0 Å². The molecule has 0 saturated carbocycles. The number of rotatable bonds is 19. The summed E-state index contributed by atoms with van der Waals surface area (Å²) < 4.78 is 76.8. The summed E-state index contributed by atoms with van der Waals surface area (Å²) in [5.74, 6) is 3.79. The number of ether oxygens (including phenoxy) is 7. The maximum absolute atomic E-state index is 14.1. The molecule has 0 fully saturated rings. The van der Waals surface area contributed by atoms with Crippen LogP contribution < -0.4 is 54.2 Å². The van der Waals surface area contributed by atoms with E-state index in [4.69, 9.17) is 49.0 Å². The molecule has 528 valence electrons. The number of methoxy groups -OCH3 is 6. The highest BCUT2D eigenvalue weighted by atomic mass is 19.1. The number of aliphatic carboxylic acids is 2. The van der Waals surface area contributed by atoms with Crippen LogP contribution in [-0.2, 0) is 25.6 Å². The van der Waals surface area contributed by atoms with E-state index >= 15 is 0 Å². The first kappa shape index (κ1) is 77.8. The van der Waals surface area contributed by atoms with Crippen LogP contribution in [0, 0.1) is 17.5 Å². The molecule has 1 amide bonds. The maximum Gasteiger partial charge on any atom is 0.308 e. The Morgan fingerprint density at radius 3 is 1.27 bits per heavy atom. The van der Waals surface area contributed by atoms with Crippen molar-refractivity contribution in [3.05, 3.63) is 236 Å². The third kappa shape index (κ3) is 20.0. The summed E-state index contributed by atoms with van der Waals surface area (Å²) in [7, 11) is 8.62. The topological polar surface area (TPSA) is 287 Å². The molecule has 20 nitrogen and oxygen atoms in total. The number of amides is 1. The third-order valence-electron chi connectivity index (χ3n) is 15.7. The Hall–Kier alpha value is -12.2. The number of esters is 1. The molecule has 11 rings (SSSR count). The zero-order valence-corrected chi connectivity index (χ0v) is 56.2. The van der Waals surface area contributed by atoms with Crippen LogP contribution in [0.5, 0.6) is 63.2 Å². The van der Waals surface area contributed by atoms with E-state index in [1.54, 1.807) is 78.9 Å². The van der Waals surface area contributed by atoms with Gasteiger partial charge in [-0.3, -0.25) is 24.0 Å². The minimum absolute atomic E-state index is 0. The van der Waals surface area contributed by atoms with Gasteiger partial charge in [0.05, 0.1) is 61.9 Å². The summed E-state index contributed by atoms with van der Waals surface area (Å²) in [6.07, 6.45) is 4.91. The minimum Gasteiger partial charge on any atom is -0.502 e. The van der Waals surface area contributed by atoms with Gasteiger partial charge in [0.15, 0.2) is 40.2 Å². The molecule has 0 spiro atoms. The molecule has 101 heavy (non-hydrogen) atoms. The van der Waals surface area contributed by atoms with Crippen LogP contribution in [0.4, 0.5) is 13.2 Å². The number of nitrogens with two attached hydrogens (primary N) is 1.